The molecule has 3 N–H and O–H groups in total. The minimum absolute atomic E-state index is 0.0561. The van der Waals surface area contributed by atoms with Gasteiger partial charge in [0.2, 0.25) is 0 Å². The number of aliphatic hydroxyl groups is 1. The number of alkyl halides is 3. The molecule has 0 aliphatic heterocycles. The Balaban J connectivity index is 2.58. The molecule has 2 atom stereocenters. The molecule has 1 amide bonds. The molecule has 0 aromatic heterocycles. The molecule has 0 fully saturated rings. The molecular formula is C18H14F4N2O2S. The van der Waals surface area contributed by atoms with Crippen LogP contribution < -0.4 is 5.73 Å². The van der Waals surface area contributed by atoms with E-state index in [4.69, 9.17) is 11.0 Å². The molecule has 0 aliphatic carbocycles. The van der Waals surface area contributed by atoms with E-state index < -0.39 is 39.9 Å². The minimum Gasteiger partial charge on any atom is -0.379 e. The quantitative estimate of drug-likeness (QED) is 0.593. The number of carbonyl (C=O) groups is 1. The van der Waals surface area contributed by atoms with Crippen LogP contribution in [0.2, 0.25) is 0 Å². The monoisotopic (exact) mass is 398 g/mol. The number of nitrogens with two attached hydrogens (primary N) is 1. The van der Waals surface area contributed by atoms with Gasteiger partial charge in [-0.1, -0.05) is 6.07 Å². The number of nitrogens with zero attached hydrogens (tertiary/aromatic N) is 1. The normalized spacial score (nSPS) is 14.9. The van der Waals surface area contributed by atoms with Gasteiger partial charge in [0.15, 0.2) is 5.60 Å². The van der Waals surface area contributed by atoms with E-state index in [1.54, 1.807) is 0 Å². The summed E-state index contributed by atoms with van der Waals surface area (Å²) in [5.74, 6) is -1.66. The lowest BCUT2D eigenvalue weighted by Gasteiger charge is -2.30. The van der Waals surface area contributed by atoms with Crippen LogP contribution in [0.15, 0.2) is 47.4 Å². The van der Waals surface area contributed by atoms with Crippen molar-refractivity contribution in [1.82, 2.24) is 0 Å². The zero-order valence-electron chi connectivity index (χ0n) is 13.9. The van der Waals surface area contributed by atoms with E-state index in [1.165, 1.54) is 24.3 Å². The Morgan fingerprint density at radius 2 is 1.81 bits per heavy atom. The van der Waals surface area contributed by atoms with Gasteiger partial charge in [-0.2, -0.15) is 18.4 Å². The van der Waals surface area contributed by atoms with E-state index in [0.29, 0.717) is 11.0 Å². The average Bonchev–Trinajstić information content (AvgIpc) is 2.59. The van der Waals surface area contributed by atoms with Crippen LogP contribution in [0, 0.1) is 17.1 Å². The summed E-state index contributed by atoms with van der Waals surface area (Å²) in [7, 11) is 0. The Morgan fingerprint density at radius 1 is 1.22 bits per heavy atom. The van der Waals surface area contributed by atoms with Crippen LogP contribution in [-0.4, -0.2) is 16.6 Å². The number of carbonyl (C=O) groups excluding carboxylic acids is 1. The van der Waals surface area contributed by atoms with Crippen LogP contribution in [-0.2, 0) is 11.0 Å². The Bertz CT molecular complexity index is 890. The summed E-state index contributed by atoms with van der Waals surface area (Å²) in [6.07, 6.45) is -4.80. The highest BCUT2D eigenvalue weighted by Crippen LogP contribution is 2.44. The fraction of sp³-hybridized carbons (Fsp3) is 0.222. The van der Waals surface area contributed by atoms with Gasteiger partial charge in [0.05, 0.1) is 22.4 Å². The second kappa shape index (κ2) is 7.58. The van der Waals surface area contributed by atoms with E-state index in [9.17, 15) is 27.5 Å². The van der Waals surface area contributed by atoms with Crippen molar-refractivity contribution in [3.05, 3.63) is 65.0 Å². The topological polar surface area (TPSA) is 87.1 Å². The van der Waals surface area contributed by atoms with E-state index in [2.05, 4.69) is 0 Å². The number of benzene rings is 2. The highest BCUT2D eigenvalue weighted by molar-refractivity contribution is 7.99. The number of amides is 1. The van der Waals surface area contributed by atoms with Gasteiger partial charge in [-0.25, -0.2) is 4.39 Å². The Morgan fingerprint density at radius 3 is 2.30 bits per heavy atom. The molecule has 2 aromatic rings. The maximum atomic E-state index is 13.3. The first-order valence-corrected chi connectivity index (χ1v) is 8.40. The van der Waals surface area contributed by atoms with Crippen LogP contribution in [0.5, 0.6) is 0 Å². The molecule has 2 unspecified atom stereocenters. The zero-order valence-corrected chi connectivity index (χ0v) is 14.7. The molecule has 0 bridgehead atoms. The third-order valence-corrected chi connectivity index (χ3v) is 5.36. The summed E-state index contributed by atoms with van der Waals surface area (Å²) in [4.78, 5) is 12.1. The summed E-state index contributed by atoms with van der Waals surface area (Å²) in [5.41, 5.74) is 1.19. The molecule has 0 heterocycles. The van der Waals surface area contributed by atoms with Crippen molar-refractivity contribution in [2.24, 2.45) is 5.73 Å². The molecular weight excluding hydrogens is 384 g/mol. The summed E-state index contributed by atoms with van der Waals surface area (Å²) < 4.78 is 52.8. The largest absolute Gasteiger partial charge is 0.417 e. The van der Waals surface area contributed by atoms with Gasteiger partial charge < -0.3 is 10.8 Å². The number of thioether (sulfide) groups is 1. The van der Waals surface area contributed by atoms with E-state index >= 15 is 0 Å². The van der Waals surface area contributed by atoms with Crippen molar-refractivity contribution in [3.63, 3.8) is 0 Å². The van der Waals surface area contributed by atoms with Gasteiger partial charge in [-0.15, -0.1) is 11.8 Å². The van der Waals surface area contributed by atoms with E-state index in [1.807, 2.05) is 0 Å². The molecule has 2 rings (SSSR count). The van der Waals surface area contributed by atoms with Crippen molar-refractivity contribution in [2.45, 2.75) is 28.8 Å². The highest BCUT2D eigenvalue weighted by atomic mass is 32.2. The van der Waals surface area contributed by atoms with Gasteiger partial charge in [-0.3, -0.25) is 4.79 Å². The Hall–Kier alpha value is -2.57. The van der Waals surface area contributed by atoms with Gasteiger partial charge in [0.25, 0.3) is 5.91 Å². The average molecular weight is 398 g/mol. The van der Waals surface area contributed by atoms with E-state index in [0.717, 1.165) is 36.9 Å². The Kier molecular flexibility index (Phi) is 5.82. The summed E-state index contributed by atoms with van der Waals surface area (Å²) >= 11 is 0.851. The molecule has 0 aliphatic rings. The highest BCUT2D eigenvalue weighted by Gasteiger charge is 2.41. The maximum absolute atomic E-state index is 13.3. The first-order valence-electron chi connectivity index (χ1n) is 7.52. The molecule has 4 nitrogen and oxygen atoms in total. The lowest BCUT2D eigenvalue weighted by molar-refractivity contribution is -0.137. The van der Waals surface area contributed by atoms with E-state index in [-0.39, 0.29) is 5.56 Å². The van der Waals surface area contributed by atoms with Crippen molar-refractivity contribution >= 4 is 17.7 Å². The summed E-state index contributed by atoms with van der Waals surface area (Å²) in [6, 6.07) is 9.34. The molecule has 27 heavy (non-hydrogen) atoms. The molecule has 0 saturated carbocycles. The minimum atomic E-state index is -4.80. The molecule has 2 aromatic carbocycles. The lowest BCUT2D eigenvalue weighted by Crippen LogP contribution is -2.45. The predicted molar refractivity (Wildman–Crippen MR) is 91.0 cm³/mol. The van der Waals surface area contributed by atoms with Gasteiger partial charge in [0.1, 0.15) is 5.82 Å². The first kappa shape index (κ1) is 20.7. The predicted octanol–water partition coefficient (Wildman–Crippen LogP) is 3.79. The van der Waals surface area contributed by atoms with Crippen LogP contribution in [0.4, 0.5) is 17.6 Å². The standard InChI is InChI=1S/C18H14F4N2O2S/c1-17(26,16(24)25)15(27-13-6-4-12(19)5-7-13)10-2-3-11(9-23)14(8-10)18(20,21)22/h2-8,15,26H,1H3,(H2,24,25). The maximum Gasteiger partial charge on any atom is 0.417 e. The molecule has 0 radical (unpaired) electrons. The van der Waals surface area contributed by atoms with Gasteiger partial charge >= 0.3 is 6.18 Å². The number of rotatable bonds is 5. The van der Waals surface area contributed by atoms with Crippen LogP contribution in [0.25, 0.3) is 0 Å². The number of nitriles is 1. The summed E-state index contributed by atoms with van der Waals surface area (Å²) in [5, 5.41) is 18.2. The number of hydrogen-bond donors (Lipinski definition) is 2. The lowest BCUT2D eigenvalue weighted by atomic mass is 9.92. The number of halogens is 4. The third-order valence-electron chi connectivity index (χ3n) is 3.85. The van der Waals surface area contributed by atoms with Crippen molar-refractivity contribution in [2.75, 3.05) is 0 Å². The number of primary amides is 1. The second-order valence-electron chi connectivity index (χ2n) is 5.88. The van der Waals surface area contributed by atoms with Crippen LogP contribution >= 0.6 is 11.8 Å². The van der Waals surface area contributed by atoms with Crippen molar-refractivity contribution in [3.8, 4) is 6.07 Å². The SMILES string of the molecule is CC(O)(C(N)=O)C(Sc1ccc(F)cc1)c1ccc(C#N)c(C(F)(F)F)c1. The number of hydrogen-bond acceptors (Lipinski definition) is 4. The third kappa shape index (κ3) is 4.59. The van der Waals surface area contributed by atoms with Crippen LogP contribution in [0.1, 0.15) is 28.9 Å². The zero-order chi connectivity index (χ0) is 20.4. The summed E-state index contributed by atoms with van der Waals surface area (Å²) in [6.45, 7) is 1.09. The Labute approximate surface area is 156 Å². The molecule has 142 valence electrons. The molecule has 0 spiro atoms. The van der Waals surface area contributed by atoms with Crippen LogP contribution in [0.3, 0.4) is 0 Å². The molecule has 9 heteroatoms. The van der Waals surface area contributed by atoms with Gasteiger partial charge in [-0.05, 0) is 48.9 Å². The van der Waals surface area contributed by atoms with Crippen molar-refractivity contribution in [1.29, 1.82) is 5.26 Å². The smallest absolute Gasteiger partial charge is 0.379 e. The second-order valence-corrected chi connectivity index (χ2v) is 7.06. The fourth-order valence-corrected chi connectivity index (χ4v) is 3.54. The van der Waals surface area contributed by atoms with Crippen molar-refractivity contribution < 1.29 is 27.5 Å². The van der Waals surface area contributed by atoms with Gasteiger partial charge in [0, 0.05) is 4.90 Å². The first-order chi connectivity index (χ1) is 12.5. The molecule has 0 saturated heterocycles. The fourth-order valence-electron chi connectivity index (χ4n) is 2.34.